The van der Waals surface area contributed by atoms with Crippen molar-refractivity contribution in [3.63, 3.8) is 0 Å². The van der Waals surface area contributed by atoms with Crippen LogP contribution in [0.3, 0.4) is 0 Å². The van der Waals surface area contributed by atoms with Gasteiger partial charge in [-0.1, -0.05) is 45.0 Å². The molecule has 3 N–H and O–H groups in total. The number of carbonyl (C=O) groups excluding carboxylic acids is 1. The molecule has 0 saturated carbocycles. The molecule has 136 valence electrons. The molecule has 0 aliphatic carbocycles. The molecular formula is C20H27ClN2O2. The van der Waals surface area contributed by atoms with Gasteiger partial charge >= 0.3 is 0 Å². The van der Waals surface area contributed by atoms with Crippen LogP contribution >= 0.6 is 12.4 Å². The van der Waals surface area contributed by atoms with Crippen LogP contribution in [0.1, 0.15) is 31.9 Å². The van der Waals surface area contributed by atoms with Gasteiger partial charge < -0.3 is 15.8 Å². The van der Waals surface area contributed by atoms with E-state index in [2.05, 4.69) is 38.2 Å². The maximum atomic E-state index is 11.9. The number of benzene rings is 2. The SMILES string of the molecule is CC(C)(C)c1cccc(OCCNC(=O)Cc2ccc(N)cc2)c1.Cl. The maximum absolute atomic E-state index is 11.9. The molecule has 0 spiro atoms. The number of nitrogens with two attached hydrogens (primary N) is 1. The molecule has 2 rings (SSSR count). The van der Waals surface area contributed by atoms with E-state index < -0.39 is 0 Å². The third kappa shape index (κ3) is 7.06. The van der Waals surface area contributed by atoms with Crippen LogP contribution in [-0.4, -0.2) is 19.1 Å². The molecule has 5 heteroatoms. The molecule has 4 nitrogen and oxygen atoms in total. The van der Waals surface area contributed by atoms with E-state index in [9.17, 15) is 4.79 Å². The summed E-state index contributed by atoms with van der Waals surface area (Å²) in [5.74, 6) is 0.807. The number of hydrogen-bond acceptors (Lipinski definition) is 3. The molecule has 0 aliphatic rings. The second-order valence-corrected chi connectivity index (χ2v) is 6.89. The zero-order valence-corrected chi connectivity index (χ0v) is 15.9. The lowest BCUT2D eigenvalue weighted by atomic mass is 9.87. The van der Waals surface area contributed by atoms with Gasteiger partial charge in [0, 0.05) is 5.69 Å². The largest absolute Gasteiger partial charge is 0.492 e. The summed E-state index contributed by atoms with van der Waals surface area (Å²) in [4.78, 5) is 11.9. The highest BCUT2D eigenvalue weighted by atomic mass is 35.5. The molecule has 0 radical (unpaired) electrons. The Bertz CT molecular complexity index is 679. The minimum atomic E-state index is -0.0215. The fraction of sp³-hybridized carbons (Fsp3) is 0.350. The minimum Gasteiger partial charge on any atom is -0.492 e. The normalized spacial score (nSPS) is 10.7. The number of nitrogens with one attached hydrogen (secondary N) is 1. The summed E-state index contributed by atoms with van der Waals surface area (Å²) >= 11 is 0. The smallest absolute Gasteiger partial charge is 0.224 e. The van der Waals surface area contributed by atoms with Crippen molar-refractivity contribution in [2.24, 2.45) is 0 Å². The van der Waals surface area contributed by atoms with E-state index in [-0.39, 0.29) is 23.7 Å². The topological polar surface area (TPSA) is 64.3 Å². The first-order valence-electron chi connectivity index (χ1n) is 8.19. The van der Waals surface area contributed by atoms with E-state index in [1.807, 2.05) is 24.3 Å². The number of nitrogen functional groups attached to an aromatic ring is 1. The van der Waals surface area contributed by atoms with E-state index in [0.29, 0.717) is 25.3 Å². The molecule has 0 aliphatic heterocycles. The lowest BCUT2D eigenvalue weighted by Gasteiger charge is -2.19. The molecule has 25 heavy (non-hydrogen) atoms. The average Bonchev–Trinajstić information content (AvgIpc) is 2.53. The fourth-order valence-electron chi connectivity index (χ4n) is 2.30. The summed E-state index contributed by atoms with van der Waals surface area (Å²) in [6.45, 7) is 7.44. The zero-order valence-electron chi connectivity index (χ0n) is 15.0. The number of anilines is 1. The summed E-state index contributed by atoms with van der Waals surface area (Å²) in [6, 6.07) is 15.4. The Morgan fingerprint density at radius 2 is 1.80 bits per heavy atom. The highest BCUT2D eigenvalue weighted by molar-refractivity contribution is 5.85. The lowest BCUT2D eigenvalue weighted by molar-refractivity contribution is -0.120. The predicted octanol–water partition coefficient (Wildman–Crippen LogP) is 3.73. The molecule has 0 heterocycles. The van der Waals surface area contributed by atoms with Crippen molar-refractivity contribution in [3.05, 3.63) is 59.7 Å². The second kappa shape index (κ2) is 9.33. The van der Waals surface area contributed by atoms with Gasteiger partial charge in [-0.05, 0) is 40.8 Å². The molecule has 0 aromatic heterocycles. The van der Waals surface area contributed by atoms with Crippen molar-refractivity contribution in [2.75, 3.05) is 18.9 Å². The number of halogens is 1. The standard InChI is InChI=1S/C20H26N2O2.ClH/c1-20(2,3)16-5-4-6-18(14-16)24-12-11-22-19(23)13-15-7-9-17(21)10-8-15;/h4-10,14H,11-13,21H2,1-3H3,(H,22,23);1H. The van der Waals surface area contributed by atoms with Gasteiger partial charge in [-0.25, -0.2) is 0 Å². The van der Waals surface area contributed by atoms with E-state index in [1.54, 1.807) is 12.1 Å². The molecule has 0 fully saturated rings. The Morgan fingerprint density at radius 1 is 1.12 bits per heavy atom. The second-order valence-electron chi connectivity index (χ2n) is 6.89. The third-order valence-corrected chi connectivity index (χ3v) is 3.74. The lowest BCUT2D eigenvalue weighted by Crippen LogP contribution is -2.29. The van der Waals surface area contributed by atoms with Crippen molar-refractivity contribution in [3.8, 4) is 5.75 Å². The summed E-state index contributed by atoms with van der Waals surface area (Å²) in [6.07, 6.45) is 0.347. The minimum absolute atomic E-state index is 0. The first-order chi connectivity index (χ1) is 11.3. The van der Waals surface area contributed by atoms with Crippen LogP contribution in [0.4, 0.5) is 5.69 Å². The fourth-order valence-corrected chi connectivity index (χ4v) is 2.30. The number of carbonyl (C=O) groups is 1. The summed E-state index contributed by atoms with van der Waals surface area (Å²) < 4.78 is 5.73. The van der Waals surface area contributed by atoms with Crippen molar-refractivity contribution in [1.29, 1.82) is 0 Å². The van der Waals surface area contributed by atoms with Gasteiger partial charge in [0.05, 0.1) is 13.0 Å². The molecule has 2 aromatic rings. The van der Waals surface area contributed by atoms with Crippen molar-refractivity contribution >= 4 is 24.0 Å². The summed E-state index contributed by atoms with van der Waals surface area (Å²) in [7, 11) is 0. The number of hydrogen-bond donors (Lipinski definition) is 2. The van der Waals surface area contributed by atoms with Gasteiger partial charge in [0.25, 0.3) is 0 Å². The Kier molecular flexibility index (Phi) is 7.78. The molecular weight excluding hydrogens is 336 g/mol. The molecule has 0 unspecified atom stereocenters. The predicted molar refractivity (Wildman–Crippen MR) is 105 cm³/mol. The summed E-state index contributed by atoms with van der Waals surface area (Å²) in [5.41, 5.74) is 8.59. The Balaban J connectivity index is 0.00000312. The van der Waals surface area contributed by atoms with Gasteiger partial charge in [-0.2, -0.15) is 0 Å². The zero-order chi connectivity index (χ0) is 17.6. The van der Waals surface area contributed by atoms with Crippen LogP contribution < -0.4 is 15.8 Å². The van der Waals surface area contributed by atoms with Crippen LogP contribution in [0.2, 0.25) is 0 Å². The van der Waals surface area contributed by atoms with Gasteiger partial charge in [0.1, 0.15) is 12.4 Å². The molecule has 2 aromatic carbocycles. The van der Waals surface area contributed by atoms with Crippen LogP contribution in [0.15, 0.2) is 48.5 Å². The van der Waals surface area contributed by atoms with Crippen LogP contribution in [0.25, 0.3) is 0 Å². The molecule has 0 atom stereocenters. The van der Waals surface area contributed by atoms with Crippen molar-refractivity contribution in [2.45, 2.75) is 32.6 Å². The van der Waals surface area contributed by atoms with E-state index in [0.717, 1.165) is 11.3 Å². The van der Waals surface area contributed by atoms with E-state index >= 15 is 0 Å². The number of rotatable bonds is 6. The van der Waals surface area contributed by atoms with Crippen molar-refractivity contribution < 1.29 is 9.53 Å². The van der Waals surface area contributed by atoms with Crippen LogP contribution in [0.5, 0.6) is 5.75 Å². The highest BCUT2D eigenvalue weighted by Crippen LogP contribution is 2.25. The van der Waals surface area contributed by atoms with E-state index in [1.165, 1.54) is 5.56 Å². The van der Waals surface area contributed by atoms with Gasteiger partial charge in [0.2, 0.25) is 5.91 Å². The third-order valence-electron chi connectivity index (χ3n) is 3.74. The van der Waals surface area contributed by atoms with Crippen LogP contribution in [0, 0.1) is 0 Å². The molecule has 0 bridgehead atoms. The average molecular weight is 363 g/mol. The first kappa shape index (κ1) is 20.8. The van der Waals surface area contributed by atoms with E-state index in [4.69, 9.17) is 10.5 Å². The maximum Gasteiger partial charge on any atom is 0.224 e. The quantitative estimate of drug-likeness (QED) is 0.608. The first-order valence-corrected chi connectivity index (χ1v) is 8.19. The van der Waals surface area contributed by atoms with Gasteiger partial charge in [0.15, 0.2) is 0 Å². The highest BCUT2D eigenvalue weighted by Gasteiger charge is 2.13. The Morgan fingerprint density at radius 3 is 2.44 bits per heavy atom. The van der Waals surface area contributed by atoms with Crippen LogP contribution in [-0.2, 0) is 16.6 Å². The Labute approximate surface area is 156 Å². The summed E-state index contributed by atoms with van der Waals surface area (Å²) in [5, 5.41) is 2.87. The van der Waals surface area contributed by atoms with Gasteiger partial charge in [-0.3, -0.25) is 4.79 Å². The number of ether oxygens (including phenoxy) is 1. The number of amides is 1. The van der Waals surface area contributed by atoms with Gasteiger partial charge in [-0.15, -0.1) is 12.4 Å². The Hall–Kier alpha value is -2.20. The molecule has 0 saturated heterocycles. The molecule has 1 amide bonds. The monoisotopic (exact) mass is 362 g/mol. The van der Waals surface area contributed by atoms with Crippen molar-refractivity contribution in [1.82, 2.24) is 5.32 Å².